The summed E-state index contributed by atoms with van der Waals surface area (Å²) in [5, 5.41) is 0.311. The van der Waals surface area contributed by atoms with Crippen molar-refractivity contribution in [3.8, 4) is 11.5 Å². The Kier molecular flexibility index (Phi) is 5.63. The van der Waals surface area contributed by atoms with Crippen molar-refractivity contribution in [2.24, 2.45) is 0 Å². The van der Waals surface area contributed by atoms with Crippen molar-refractivity contribution in [2.75, 3.05) is 13.7 Å². The molecule has 0 fully saturated rings. The minimum atomic E-state index is -4.92. The van der Waals surface area contributed by atoms with E-state index < -0.39 is 12.0 Å². The maximum atomic E-state index is 13.0. The molecule has 0 aliphatic carbocycles. The summed E-state index contributed by atoms with van der Waals surface area (Å²) < 4.78 is 51.4. The summed E-state index contributed by atoms with van der Waals surface area (Å²) in [7, 11) is 1.57. The Labute approximate surface area is 160 Å². The van der Waals surface area contributed by atoms with Gasteiger partial charge in [-0.1, -0.05) is 25.1 Å². The predicted molar refractivity (Wildman–Crippen MR) is 100 cm³/mol. The second-order valence-electron chi connectivity index (χ2n) is 6.25. The average Bonchev–Trinajstić information content (AvgIpc) is 3.06. The normalized spacial score (nSPS) is 11.6. The summed E-state index contributed by atoms with van der Waals surface area (Å²) in [4.78, 5) is 11.9. The van der Waals surface area contributed by atoms with Gasteiger partial charge in [0.25, 0.3) is 5.78 Å². The van der Waals surface area contributed by atoms with Gasteiger partial charge in [-0.3, -0.25) is 4.79 Å². The number of rotatable bonds is 7. The average molecular weight is 391 g/mol. The van der Waals surface area contributed by atoms with E-state index in [9.17, 15) is 18.0 Å². The number of carbonyl (C=O) groups is 1. The lowest BCUT2D eigenvalue weighted by Gasteiger charge is -2.10. The lowest BCUT2D eigenvalue weighted by atomic mass is 10.0. The molecule has 28 heavy (non-hydrogen) atoms. The fraction of sp³-hybridized carbons (Fsp3) is 0.286. The zero-order valence-corrected chi connectivity index (χ0v) is 15.5. The van der Waals surface area contributed by atoms with Gasteiger partial charge in [-0.25, -0.2) is 0 Å². The third-order valence-corrected chi connectivity index (χ3v) is 4.53. The molecule has 0 aliphatic heterocycles. The van der Waals surface area contributed by atoms with Crippen LogP contribution >= 0.6 is 0 Å². The Balaban J connectivity index is 1.88. The zero-order chi connectivity index (χ0) is 20.3. The Morgan fingerprint density at radius 3 is 2.36 bits per heavy atom. The second kappa shape index (κ2) is 7.96. The van der Waals surface area contributed by atoms with Crippen molar-refractivity contribution in [1.82, 2.24) is 4.57 Å². The third kappa shape index (κ3) is 3.98. The van der Waals surface area contributed by atoms with Crippen LogP contribution in [0.5, 0.6) is 11.5 Å². The molecule has 0 atom stereocenters. The standard InChI is InChI=1S/C21H20F3NO3/c1-3-14-5-4-6-17-18(20(26)21(22,23)24)13-25(19(14)17)11-12-28-16-9-7-15(27-2)8-10-16/h4-10,13H,3,11-12H2,1-2H3. The molecule has 3 aromatic rings. The lowest BCUT2D eigenvalue weighted by molar-refractivity contribution is -0.0884. The summed E-state index contributed by atoms with van der Waals surface area (Å²) in [5.74, 6) is -0.508. The number of aryl methyl sites for hydroxylation is 1. The SMILES string of the molecule is CCc1cccc2c(C(=O)C(F)(F)F)cn(CCOc3ccc(OC)cc3)c12. The van der Waals surface area contributed by atoms with Gasteiger partial charge in [0.1, 0.15) is 18.1 Å². The Morgan fingerprint density at radius 1 is 1.07 bits per heavy atom. The molecule has 0 bridgehead atoms. The number of Topliss-reactive ketones (excluding diaryl/α,β-unsaturated/α-hetero) is 1. The van der Waals surface area contributed by atoms with E-state index in [4.69, 9.17) is 9.47 Å². The molecule has 0 aliphatic rings. The van der Waals surface area contributed by atoms with Crippen molar-refractivity contribution >= 4 is 16.7 Å². The van der Waals surface area contributed by atoms with Crippen LogP contribution in [0.2, 0.25) is 0 Å². The summed E-state index contributed by atoms with van der Waals surface area (Å²) in [6, 6.07) is 12.1. The molecular weight excluding hydrogens is 371 g/mol. The largest absolute Gasteiger partial charge is 0.497 e. The molecule has 7 heteroatoms. The molecular formula is C21H20F3NO3. The number of hydrogen-bond acceptors (Lipinski definition) is 3. The third-order valence-electron chi connectivity index (χ3n) is 4.53. The Morgan fingerprint density at radius 2 is 1.75 bits per heavy atom. The van der Waals surface area contributed by atoms with Crippen LogP contribution in [0.4, 0.5) is 13.2 Å². The topological polar surface area (TPSA) is 40.5 Å². The van der Waals surface area contributed by atoms with Crippen LogP contribution in [0.25, 0.3) is 10.9 Å². The van der Waals surface area contributed by atoms with E-state index in [0.29, 0.717) is 35.4 Å². The monoisotopic (exact) mass is 391 g/mol. The van der Waals surface area contributed by atoms with Gasteiger partial charge in [-0.2, -0.15) is 13.2 Å². The first-order valence-electron chi connectivity index (χ1n) is 8.84. The van der Waals surface area contributed by atoms with Crippen LogP contribution in [-0.4, -0.2) is 30.2 Å². The van der Waals surface area contributed by atoms with Crippen LogP contribution in [0.1, 0.15) is 22.8 Å². The summed E-state index contributed by atoms with van der Waals surface area (Å²) in [6.45, 7) is 2.48. The number of para-hydroxylation sites is 1. The number of aromatic nitrogens is 1. The van der Waals surface area contributed by atoms with Crippen LogP contribution in [-0.2, 0) is 13.0 Å². The van der Waals surface area contributed by atoms with Gasteiger partial charge < -0.3 is 14.0 Å². The van der Waals surface area contributed by atoms with Gasteiger partial charge in [0, 0.05) is 11.6 Å². The van der Waals surface area contributed by atoms with E-state index in [1.165, 1.54) is 6.20 Å². The Bertz CT molecular complexity index is 975. The second-order valence-corrected chi connectivity index (χ2v) is 6.25. The van der Waals surface area contributed by atoms with Gasteiger partial charge in [-0.15, -0.1) is 0 Å². The molecule has 1 aromatic heterocycles. The van der Waals surface area contributed by atoms with Gasteiger partial charge in [0.05, 0.1) is 24.7 Å². The number of ketones is 1. The maximum Gasteiger partial charge on any atom is 0.454 e. The summed E-state index contributed by atoms with van der Waals surface area (Å²) in [6.07, 6.45) is -3.00. The van der Waals surface area contributed by atoms with E-state index in [-0.39, 0.29) is 12.2 Å². The molecule has 1 heterocycles. The van der Waals surface area contributed by atoms with Crippen molar-refractivity contribution in [2.45, 2.75) is 26.1 Å². The highest BCUT2D eigenvalue weighted by atomic mass is 19.4. The summed E-state index contributed by atoms with van der Waals surface area (Å²) in [5.41, 5.74) is 1.18. The van der Waals surface area contributed by atoms with E-state index in [2.05, 4.69) is 0 Å². The fourth-order valence-corrected chi connectivity index (χ4v) is 3.17. The van der Waals surface area contributed by atoms with Crippen molar-refractivity contribution in [1.29, 1.82) is 0 Å². The molecule has 0 amide bonds. The fourth-order valence-electron chi connectivity index (χ4n) is 3.17. The molecule has 3 rings (SSSR count). The highest BCUT2D eigenvalue weighted by Crippen LogP contribution is 2.30. The molecule has 0 radical (unpaired) electrons. The van der Waals surface area contributed by atoms with Gasteiger partial charge in [0.15, 0.2) is 0 Å². The van der Waals surface area contributed by atoms with Crippen LogP contribution < -0.4 is 9.47 Å². The smallest absolute Gasteiger partial charge is 0.454 e. The van der Waals surface area contributed by atoms with Crippen LogP contribution in [0.3, 0.4) is 0 Å². The molecule has 4 nitrogen and oxygen atoms in total. The summed E-state index contributed by atoms with van der Waals surface area (Å²) >= 11 is 0. The predicted octanol–water partition coefficient (Wildman–Crippen LogP) is 5.04. The number of hydrogen-bond donors (Lipinski definition) is 0. The zero-order valence-electron chi connectivity index (χ0n) is 15.5. The van der Waals surface area contributed by atoms with E-state index >= 15 is 0 Å². The van der Waals surface area contributed by atoms with Crippen molar-refractivity contribution in [3.63, 3.8) is 0 Å². The molecule has 0 N–H and O–H groups in total. The van der Waals surface area contributed by atoms with E-state index in [0.717, 1.165) is 5.56 Å². The van der Waals surface area contributed by atoms with Crippen LogP contribution in [0.15, 0.2) is 48.7 Å². The minimum Gasteiger partial charge on any atom is -0.497 e. The number of benzene rings is 2. The molecule has 2 aromatic carbocycles. The molecule has 0 saturated heterocycles. The van der Waals surface area contributed by atoms with Gasteiger partial charge in [0.2, 0.25) is 0 Å². The number of carbonyl (C=O) groups excluding carboxylic acids is 1. The number of methoxy groups -OCH3 is 1. The van der Waals surface area contributed by atoms with Gasteiger partial charge >= 0.3 is 6.18 Å². The maximum absolute atomic E-state index is 13.0. The number of nitrogens with zero attached hydrogens (tertiary/aromatic N) is 1. The first-order chi connectivity index (χ1) is 13.3. The minimum absolute atomic E-state index is 0.244. The van der Waals surface area contributed by atoms with E-state index in [1.807, 2.05) is 13.0 Å². The highest BCUT2D eigenvalue weighted by molar-refractivity contribution is 6.11. The molecule has 148 valence electrons. The van der Waals surface area contributed by atoms with E-state index in [1.54, 1.807) is 48.1 Å². The highest BCUT2D eigenvalue weighted by Gasteiger charge is 2.41. The number of halogens is 3. The molecule has 0 saturated carbocycles. The quantitative estimate of drug-likeness (QED) is 0.530. The first-order valence-corrected chi connectivity index (χ1v) is 8.84. The van der Waals surface area contributed by atoms with Crippen LogP contribution in [0, 0.1) is 0 Å². The van der Waals surface area contributed by atoms with Crippen molar-refractivity contribution in [3.05, 3.63) is 59.8 Å². The number of ether oxygens (including phenoxy) is 2. The first kappa shape index (κ1) is 19.8. The van der Waals surface area contributed by atoms with Gasteiger partial charge in [-0.05, 0) is 36.2 Å². The van der Waals surface area contributed by atoms with Crippen molar-refractivity contribution < 1.29 is 27.4 Å². The number of fused-ring (bicyclic) bond motifs is 1. The molecule has 0 spiro atoms. The number of alkyl halides is 3. The Hall–Kier alpha value is -2.96. The lowest BCUT2D eigenvalue weighted by Crippen LogP contribution is -2.22. The molecule has 0 unspecified atom stereocenters.